The summed E-state index contributed by atoms with van der Waals surface area (Å²) < 4.78 is 0. The van der Waals surface area contributed by atoms with E-state index in [4.69, 9.17) is 22.4 Å². The van der Waals surface area contributed by atoms with Crippen LogP contribution in [0, 0.1) is 0 Å². The molecule has 0 saturated heterocycles. The Labute approximate surface area is 120 Å². The maximum Gasteiger partial charge on any atom is 0.305 e. The molecule has 20 heavy (non-hydrogen) atoms. The normalized spacial score (nSPS) is 11.9. The summed E-state index contributed by atoms with van der Waals surface area (Å²) >= 11 is 5.79. The number of hydrogen-bond donors (Lipinski definition) is 3. The SMILES string of the molecule is N[C@@H](CC(=O)O)c1cnc(Nc2ccc(Cl)cc2)nc1. The number of anilines is 2. The van der Waals surface area contributed by atoms with E-state index < -0.39 is 12.0 Å². The summed E-state index contributed by atoms with van der Waals surface area (Å²) in [6, 6.07) is 6.49. The van der Waals surface area contributed by atoms with Gasteiger partial charge in [-0.05, 0) is 24.3 Å². The van der Waals surface area contributed by atoms with Crippen LogP contribution in [0.2, 0.25) is 5.02 Å². The molecule has 0 spiro atoms. The summed E-state index contributed by atoms with van der Waals surface area (Å²) in [5.41, 5.74) is 7.10. The Kier molecular flexibility index (Phi) is 4.49. The standard InChI is InChI=1S/C13H13ClN4O2/c14-9-1-3-10(4-2-9)18-13-16-6-8(7-17-13)11(15)5-12(19)20/h1-4,6-7,11H,5,15H2,(H,19,20)(H,16,17,18)/t11-/m0/s1. The van der Waals surface area contributed by atoms with Gasteiger partial charge in [-0.15, -0.1) is 0 Å². The summed E-state index contributed by atoms with van der Waals surface area (Å²) in [4.78, 5) is 18.8. The van der Waals surface area contributed by atoms with Crippen molar-refractivity contribution in [3.05, 3.63) is 47.2 Å². The van der Waals surface area contributed by atoms with E-state index in [2.05, 4.69) is 15.3 Å². The van der Waals surface area contributed by atoms with Gasteiger partial charge in [0.1, 0.15) is 0 Å². The number of carboxylic acids is 1. The molecule has 2 aromatic rings. The molecular formula is C13H13ClN4O2. The van der Waals surface area contributed by atoms with Gasteiger partial charge in [0.05, 0.1) is 6.42 Å². The molecule has 4 N–H and O–H groups in total. The lowest BCUT2D eigenvalue weighted by molar-refractivity contribution is -0.137. The van der Waals surface area contributed by atoms with Gasteiger partial charge in [0.15, 0.2) is 0 Å². The van der Waals surface area contributed by atoms with Gasteiger partial charge < -0.3 is 16.2 Å². The van der Waals surface area contributed by atoms with E-state index in [1.807, 2.05) is 0 Å². The zero-order chi connectivity index (χ0) is 14.5. The molecule has 1 atom stereocenters. The monoisotopic (exact) mass is 292 g/mol. The fourth-order valence-corrected chi connectivity index (χ4v) is 1.69. The predicted molar refractivity (Wildman–Crippen MR) is 75.9 cm³/mol. The van der Waals surface area contributed by atoms with Gasteiger partial charge in [0.25, 0.3) is 0 Å². The lowest BCUT2D eigenvalue weighted by Gasteiger charge is -2.09. The molecule has 1 aromatic carbocycles. The minimum atomic E-state index is -0.958. The number of halogens is 1. The van der Waals surface area contributed by atoms with Crippen LogP contribution in [0.1, 0.15) is 18.0 Å². The van der Waals surface area contributed by atoms with Crippen molar-refractivity contribution in [2.45, 2.75) is 12.5 Å². The fourth-order valence-electron chi connectivity index (χ4n) is 1.56. The Balaban J connectivity index is 2.04. The van der Waals surface area contributed by atoms with Crippen molar-refractivity contribution in [1.82, 2.24) is 9.97 Å². The fraction of sp³-hybridized carbons (Fsp3) is 0.154. The maximum absolute atomic E-state index is 10.6. The van der Waals surface area contributed by atoms with Gasteiger partial charge in [-0.1, -0.05) is 11.6 Å². The number of nitrogens with one attached hydrogen (secondary N) is 1. The first-order chi connectivity index (χ1) is 9.54. The van der Waals surface area contributed by atoms with Crippen molar-refractivity contribution in [2.24, 2.45) is 5.73 Å². The number of nitrogens with two attached hydrogens (primary N) is 1. The van der Waals surface area contributed by atoms with Crippen molar-refractivity contribution in [3.8, 4) is 0 Å². The third-order valence-corrected chi connectivity index (χ3v) is 2.85. The average molecular weight is 293 g/mol. The van der Waals surface area contributed by atoms with Gasteiger partial charge in [-0.3, -0.25) is 4.79 Å². The van der Waals surface area contributed by atoms with Gasteiger partial charge in [0.2, 0.25) is 5.95 Å². The Hall–Kier alpha value is -2.18. The summed E-state index contributed by atoms with van der Waals surface area (Å²) in [7, 11) is 0. The Morgan fingerprint density at radius 1 is 1.30 bits per heavy atom. The third kappa shape index (κ3) is 3.91. The van der Waals surface area contributed by atoms with E-state index in [-0.39, 0.29) is 6.42 Å². The van der Waals surface area contributed by atoms with Crippen LogP contribution in [0.5, 0.6) is 0 Å². The number of hydrogen-bond acceptors (Lipinski definition) is 5. The molecular weight excluding hydrogens is 280 g/mol. The summed E-state index contributed by atoms with van der Waals surface area (Å²) in [6.45, 7) is 0. The maximum atomic E-state index is 10.6. The van der Waals surface area contributed by atoms with Crippen molar-refractivity contribution in [1.29, 1.82) is 0 Å². The van der Waals surface area contributed by atoms with E-state index >= 15 is 0 Å². The Bertz CT molecular complexity index is 586. The number of rotatable bonds is 5. The summed E-state index contributed by atoms with van der Waals surface area (Å²) in [6.07, 6.45) is 2.87. The number of nitrogens with zero attached hydrogens (tertiary/aromatic N) is 2. The molecule has 0 saturated carbocycles. The number of aliphatic carboxylic acids is 1. The molecule has 1 heterocycles. The van der Waals surface area contributed by atoms with Crippen molar-refractivity contribution < 1.29 is 9.90 Å². The summed E-state index contributed by atoms with van der Waals surface area (Å²) in [5, 5.41) is 12.3. The van der Waals surface area contributed by atoms with Crippen molar-refractivity contribution in [2.75, 3.05) is 5.32 Å². The quantitative estimate of drug-likeness (QED) is 0.782. The lowest BCUT2D eigenvalue weighted by atomic mass is 10.1. The molecule has 0 fully saturated rings. The first-order valence-corrected chi connectivity index (χ1v) is 6.24. The number of carbonyl (C=O) groups is 1. The van der Waals surface area contributed by atoms with Crippen LogP contribution in [0.15, 0.2) is 36.7 Å². The minimum Gasteiger partial charge on any atom is -0.481 e. The van der Waals surface area contributed by atoms with Gasteiger partial charge >= 0.3 is 5.97 Å². The highest BCUT2D eigenvalue weighted by Crippen LogP contribution is 2.17. The molecule has 0 radical (unpaired) electrons. The smallest absolute Gasteiger partial charge is 0.305 e. The second-order valence-corrected chi connectivity index (χ2v) is 4.61. The molecule has 2 rings (SSSR count). The molecule has 0 aliphatic rings. The third-order valence-electron chi connectivity index (χ3n) is 2.59. The topological polar surface area (TPSA) is 101 Å². The molecule has 7 heteroatoms. The molecule has 0 aliphatic carbocycles. The van der Waals surface area contributed by atoms with Crippen LogP contribution < -0.4 is 11.1 Å². The molecule has 0 amide bonds. The van der Waals surface area contributed by atoms with E-state index in [0.29, 0.717) is 16.5 Å². The minimum absolute atomic E-state index is 0.159. The second-order valence-electron chi connectivity index (χ2n) is 4.18. The van der Waals surface area contributed by atoms with Crippen LogP contribution >= 0.6 is 11.6 Å². The van der Waals surface area contributed by atoms with E-state index in [1.54, 1.807) is 24.3 Å². The second kappa shape index (κ2) is 6.31. The molecule has 0 aliphatic heterocycles. The number of aromatic nitrogens is 2. The van der Waals surface area contributed by atoms with Crippen LogP contribution in [0.25, 0.3) is 0 Å². The Morgan fingerprint density at radius 2 is 1.90 bits per heavy atom. The van der Waals surface area contributed by atoms with Gasteiger partial charge in [-0.25, -0.2) is 9.97 Å². The van der Waals surface area contributed by atoms with Crippen LogP contribution in [-0.2, 0) is 4.79 Å². The summed E-state index contributed by atoms with van der Waals surface area (Å²) in [5.74, 6) is -0.556. The average Bonchev–Trinajstić information content (AvgIpc) is 2.41. The number of carboxylic acid groups (broad SMARTS) is 1. The van der Waals surface area contributed by atoms with Crippen molar-refractivity contribution in [3.63, 3.8) is 0 Å². The van der Waals surface area contributed by atoms with E-state index in [0.717, 1.165) is 5.69 Å². The van der Waals surface area contributed by atoms with Gasteiger partial charge in [0, 0.05) is 34.7 Å². The highest BCUT2D eigenvalue weighted by Gasteiger charge is 2.11. The first kappa shape index (κ1) is 14.2. The van der Waals surface area contributed by atoms with Crippen molar-refractivity contribution >= 4 is 29.2 Å². The van der Waals surface area contributed by atoms with Gasteiger partial charge in [-0.2, -0.15) is 0 Å². The molecule has 0 bridgehead atoms. The lowest BCUT2D eigenvalue weighted by Crippen LogP contribution is -2.15. The highest BCUT2D eigenvalue weighted by atomic mass is 35.5. The van der Waals surface area contributed by atoms with Crippen LogP contribution in [0.4, 0.5) is 11.6 Å². The largest absolute Gasteiger partial charge is 0.481 e. The highest BCUT2D eigenvalue weighted by molar-refractivity contribution is 6.30. The molecule has 0 unspecified atom stereocenters. The predicted octanol–water partition coefficient (Wildman–Crippen LogP) is 2.35. The van der Waals surface area contributed by atoms with E-state index in [1.165, 1.54) is 12.4 Å². The van der Waals surface area contributed by atoms with Crippen LogP contribution in [0.3, 0.4) is 0 Å². The number of benzene rings is 1. The first-order valence-electron chi connectivity index (χ1n) is 5.86. The zero-order valence-corrected chi connectivity index (χ0v) is 11.2. The van der Waals surface area contributed by atoms with E-state index in [9.17, 15) is 4.79 Å². The Morgan fingerprint density at radius 3 is 2.45 bits per heavy atom. The molecule has 104 valence electrons. The van der Waals surface area contributed by atoms with Crippen LogP contribution in [-0.4, -0.2) is 21.0 Å². The molecule has 6 nitrogen and oxygen atoms in total. The molecule has 1 aromatic heterocycles. The zero-order valence-electron chi connectivity index (χ0n) is 10.5.